The first-order valence-electron chi connectivity index (χ1n) is 11.8. The molecule has 2 aliphatic heterocycles. The van der Waals surface area contributed by atoms with E-state index >= 15 is 0 Å². The summed E-state index contributed by atoms with van der Waals surface area (Å²) in [7, 11) is -3.66. The van der Waals surface area contributed by atoms with Gasteiger partial charge in [-0.15, -0.1) is 0 Å². The largest absolute Gasteiger partial charge is 0.490 e. The van der Waals surface area contributed by atoms with Crippen LogP contribution in [0.15, 0.2) is 47.4 Å². The van der Waals surface area contributed by atoms with Crippen molar-refractivity contribution in [1.29, 1.82) is 0 Å². The molecule has 2 heterocycles. The van der Waals surface area contributed by atoms with E-state index in [9.17, 15) is 13.2 Å². The second-order valence-electron chi connectivity index (χ2n) is 8.99. The van der Waals surface area contributed by atoms with Crippen molar-refractivity contribution < 1.29 is 22.7 Å². The molecule has 2 aromatic carbocycles. The standard InChI is InChI=1S/C25H30N2O5S/c28-25(26-22-8-3-6-18-5-1-2-7-21(18)22)19-11-13-27(14-12-19)33(29,30)20-9-10-23-24(17-20)32-16-4-15-31-23/h1-2,5,7,9-10,17,19,22H,3-4,6,8,11-16H2,(H,26,28). The smallest absolute Gasteiger partial charge is 0.243 e. The Morgan fingerprint density at radius 1 is 0.939 bits per heavy atom. The molecule has 0 aromatic heterocycles. The third-order valence-corrected chi connectivity index (χ3v) is 8.76. The Balaban J connectivity index is 1.22. The van der Waals surface area contributed by atoms with Crippen LogP contribution < -0.4 is 14.8 Å². The summed E-state index contributed by atoms with van der Waals surface area (Å²) in [5.74, 6) is 0.903. The molecule has 1 amide bonds. The molecule has 1 saturated heterocycles. The van der Waals surface area contributed by atoms with Crippen molar-refractivity contribution in [2.24, 2.45) is 5.92 Å². The van der Waals surface area contributed by atoms with Crippen molar-refractivity contribution in [2.45, 2.75) is 49.5 Å². The van der Waals surface area contributed by atoms with Gasteiger partial charge in [0.15, 0.2) is 11.5 Å². The van der Waals surface area contributed by atoms with Crippen molar-refractivity contribution in [3.63, 3.8) is 0 Å². The first-order chi connectivity index (χ1) is 16.0. The number of hydrogen-bond acceptors (Lipinski definition) is 5. The molecule has 1 atom stereocenters. The number of ether oxygens (including phenoxy) is 2. The van der Waals surface area contributed by atoms with Crippen LogP contribution in [0.4, 0.5) is 0 Å². The third kappa shape index (κ3) is 4.59. The number of nitrogens with zero attached hydrogens (tertiary/aromatic N) is 1. The van der Waals surface area contributed by atoms with Crippen LogP contribution in [0.3, 0.4) is 0 Å². The summed E-state index contributed by atoms with van der Waals surface area (Å²) in [6.45, 7) is 1.72. The van der Waals surface area contributed by atoms with Crippen LogP contribution in [0, 0.1) is 5.92 Å². The maximum Gasteiger partial charge on any atom is 0.243 e. The minimum Gasteiger partial charge on any atom is -0.490 e. The third-order valence-electron chi connectivity index (χ3n) is 6.87. The Hall–Kier alpha value is -2.58. The number of carbonyl (C=O) groups is 1. The van der Waals surface area contributed by atoms with Crippen LogP contribution in [0.1, 0.15) is 49.3 Å². The van der Waals surface area contributed by atoms with E-state index in [4.69, 9.17) is 9.47 Å². The fourth-order valence-corrected chi connectivity index (χ4v) is 6.49. The van der Waals surface area contributed by atoms with Gasteiger partial charge >= 0.3 is 0 Å². The zero-order valence-corrected chi connectivity index (χ0v) is 19.5. The Bertz CT molecular complexity index is 1130. The predicted molar refractivity (Wildman–Crippen MR) is 124 cm³/mol. The highest BCUT2D eigenvalue weighted by Gasteiger charge is 2.34. The van der Waals surface area contributed by atoms with Gasteiger partial charge < -0.3 is 14.8 Å². The summed E-state index contributed by atoms with van der Waals surface area (Å²) in [5, 5.41) is 3.23. The fourth-order valence-electron chi connectivity index (χ4n) is 5.00. The van der Waals surface area contributed by atoms with Crippen LogP contribution in [0.2, 0.25) is 0 Å². The number of carbonyl (C=O) groups excluding carboxylic acids is 1. The lowest BCUT2D eigenvalue weighted by Crippen LogP contribution is -2.44. The molecule has 176 valence electrons. The molecular formula is C25H30N2O5S. The molecule has 1 fully saturated rings. The molecule has 0 spiro atoms. The van der Waals surface area contributed by atoms with E-state index in [2.05, 4.69) is 17.4 Å². The predicted octanol–water partition coefficient (Wildman–Crippen LogP) is 3.44. The highest BCUT2D eigenvalue weighted by atomic mass is 32.2. The van der Waals surface area contributed by atoms with Crippen LogP contribution in [0.5, 0.6) is 11.5 Å². The van der Waals surface area contributed by atoms with Crippen molar-refractivity contribution in [2.75, 3.05) is 26.3 Å². The molecule has 0 saturated carbocycles. The Kier molecular flexibility index (Phi) is 6.29. The molecule has 1 N–H and O–H groups in total. The minimum atomic E-state index is -3.66. The van der Waals surface area contributed by atoms with Gasteiger partial charge in [0.2, 0.25) is 15.9 Å². The van der Waals surface area contributed by atoms with Crippen molar-refractivity contribution in [3.8, 4) is 11.5 Å². The van der Waals surface area contributed by atoms with Gasteiger partial charge in [0, 0.05) is 31.5 Å². The fraction of sp³-hybridized carbons (Fsp3) is 0.480. The summed E-state index contributed by atoms with van der Waals surface area (Å²) in [4.78, 5) is 13.2. The molecule has 8 heteroatoms. The SMILES string of the molecule is O=C(NC1CCCc2ccccc21)C1CCN(S(=O)(=O)c2ccc3c(c2)OCCCO3)CC1. The summed E-state index contributed by atoms with van der Waals surface area (Å²) < 4.78 is 39.2. The molecule has 1 aliphatic carbocycles. The number of fused-ring (bicyclic) bond motifs is 2. The van der Waals surface area contributed by atoms with Crippen molar-refractivity contribution in [1.82, 2.24) is 9.62 Å². The topological polar surface area (TPSA) is 84.9 Å². The van der Waals surface area contributed by atoms with Gasteiger partial charge in [-0.1, -0.05) is 24.3 Å². The molecule has 0 radical (unpaired) electrons. The van der Waals surface area contributed by atoms with E-state index in [0.29, 0.717) is 50.6 Å². The quantitative estimate of drug-likeness (QED) is 0.740. The van der Waals surface area contributed by atoms with Gasteiger partial charge in [0.25, 0.3) is 0 Å². The Labute approximate surface area is 195 Å². The van der Waals surface area contributed by atoms with Crippen LogP contribution in [0.25, 0.3) is 0 Å². The molecule has 0 bridgehead atoms. The monoisotopic (exact) mass is 470 g/mol. The van der Waals surface area contributed by atoms with Gasteiger partial charge in [0.05, 0.1) is 24.2 Å². The number of aryl methyl sites for hydroxylation is 1. The van der Waals surface area contributed by atoms with E-state index in [0.717, 1.165) is 25.7 Å². The molecule has 3 aliphatic rings. The lowest BCUT2D eigenvalue weighted by atomic mass is 9.87. The Morgan fingerprint density at radius 3 is 2.52 bits per heavy atom. The zero-order valence-electron chi connectivity index (χ0n) is 18.7. The first kappa shape index (κ1) is 22.2. The van der Waals surface area contributed by atoms with Crippen LogP contribution in [-0.4, -0.2) is 44.9 Å². The summed E-state index contributed by atoms with van der Waals surface area (Å²) in [6, 6.07) is 13.1. The van der Waals surface area contributed by atoms with E-state index in [-0.39, 0.29) is 22.8 Å². The molecule has 7 nitrogen and oxygen atoms in total. The van der Waals surface area contributed by atoms with Crippen LogP contribution >= 0.6 is 0 Å². The second-order valence-corrected chi connectivity index (χ2v) is 10.9. The zero-order chi connectivity index (χ0) is 22.8. The maximum absolute atomic E-state index is 13.2. The Morgan fingerprint density at radius 2 is 1.70 bits per heavy atom. The second kappa shape index (κ2) is 9.35. The number of hydrogen-bond donors (Lipinski definition) is 1. The lowest BCUT2D eigenvalue weighted by molar-refractivity contribution is -0.127. The molecule has 1 unspecified atom stereocenters. The average Bonchev–Trinajstić information content (AvgIpc) is 3.09. The van der Waals surface area contributed by atoms with Gasteiger partial charge in [-0.05, 0) is 55.4 Å². The molecule has 2 aromatic rings. The maximum atomic E-state index is 13.2. The highest BCUT2D eigenvalue weighted by Crippen LogP contribution is 2.34. The molecular weight excluding hydrogens is 440 g/mol. The number of piperidine rings is 1. The molecule has 5 rings (SSSR count). The minimum absolute atomic E-state index is 0.0318. The van der Waals surface area contributed by atoms with Gasteiger partial charge in [-0.3, -0.25) is 4.79 Å². The number of sulfonamides is 1. The molecule has 33 heavy (non-hydrogen) atoms. The van der Waals surface area contributed by atoms with E-state index in [1.165, 1.54) is 15.4 Å². The van der Waals surface area contributed by atoms with Gasteiger partial charge in [-0.2, -0.15) is 4.31 Å². The van der Waals surface area contributed by atoms with E-state index in [1.54, 1.807) is 18.2 Å². The number of nitrogens with one attached hydrogen (secondary N) is 1. The summed E-state index contributed by atoms with van der Waals surface area (Å²) in [6.07, 6.45) is 4.86. The lowest BCUT2D eigenvalue weighted by Gasteiger charge is -2.32. The summed E-state index contributed by atoms with van der Waals surface area (Å²) >= 11 is 0. The number of benzene rings is 2. The summed E-state index contributed by atoms with van der Waals surface area (Å²) in [5.41, 5.74) is 2.52. The van der Waals surface area contributed by atoms with Crippen LogP contribution in [-0.2, 0) is 21.2 Å². The van der Waals surface area contributed by atoms with Crippen molar-refractivity contribution >= 4 is 15.9 Å². The van der Waals surface area contributed by atoms with Gasteiger partial charge in [-0.25, -0.2) is 8.42 Å². The average molecular weight is 471 g/mol. The highest BCUT2D eigenvalue weighted by molar-refractivity contribution is 7.89. The number of amides is 1. The number of rotatable bonds is 4. The van der Waals surface area contributed by atoms with Gasteiger partial charge in [0.1, 0.15) is 0 Å². The van der Waals surface area contributed by atoms with E-state index < -0.39 is 10.0 Å². The van der Waals surface area contributed by atoms with Crippen molar-refractivity contribution in [3.05, 3.63) is 53.6 Å². The normalized spacial score (nSPS) is 21.6. The first-order valence-corrected chi connectivity index (χ1v) is 13.2. The van der Waals surface area contributed by atoms with E-state index in [1.807, 2.05) is 12.1 Å².